The van der Waals surface area contributed by atoms with Crippen molar-refractivity contribution in [1.29, 1.82) is 0 Å². The second kappa shape index (κ2) is 12.5. The molecule has 0 spiro atoms. The highest BCUT2D eigenvalue weighted by Gasteiger charge is 2.31. The molecule has 2 amide bonds. The van der Waals surface area contributed by atoms with Gasteiger partial charge in [-0.15, -0.1) is 0 Å². The van der Waals surface area contributed by atoms with Crippen LogP contribution >= 0.6 is 23.2 Å². The molecule has 0 aliphatic heterocycles. The number of nitrogens with zero attached hydrogens (tertiary/aromatic N) is 1. The lowest BCUT2D eigenvalue weighted by atomic mass is 9.95. The maximum atomic E-state index is 13.4. The van der Waals surface area contributed by atoms with Gasteiger partial charge in [-0.2, -0.15) is 0 Å². The first-order chi connectivity index (χ1) is 16.3. The van der Waals surface area contributed by atoms with Crippen LogP contribution in [0.4, 0.5) is 0 Å². The second-order valence-electron chi connectivity index (χ2n) is 9.10. The number of carbonyl (C=O) groups is 2. The van der Waals surface area contributed by atoms with E-state index in [1.807, 2.05) is 39.0 Å². The highest BCUT2D eigenvalue weighted by Crippen LogP contribution is 2.27. The SMILES string of the molecule is CC[C@H](C(=O)NC1CCCCC1)N(Cc1c(Cl)cccc1Cl)C(=O)COc1cc(C)cc(C)c1. The van der Waals surface area contributed by atoms with Crippen molar-refractivity contribution in [3.8, 4) is 5.75 Å². The summed E-state index contributed by atoms with van der Waals surface area (Å²) in [6, 6.07) is 10.6. The summed E-state index contributed by atoms with van der Waals surface area (Å²) < 4.78 is 5.84. The fraction of sp³-hybridized carbons (Fsp3) is 0.481. The monoisotopic (exact) mass is 504 g/mol. The molecule has 0 unspecified atom stereocenters. The van der Waals surface area contributed by atoms with E-state index < -0.39 is 6.04 Å². The third kappa shape index (κ3) is 7.13. The number of ether oxygens (including phenoxy) is 1. The van der Waals surface area contributed by atoms with Crippen LogP contribution in [0, 0.1) is 13.8 Å². The van der Waals surface area contributed by atoms with Crippen molar-refractivity contribution < 1.29 is 14.3 Å². The van der Waals surface area contributed by atoms with E-state index in [0.29, 0.717) is 27.8 Å². The summed E-state index contributed by atoms with van der Waals surface area (Å²) in [7, 11) is 0. The van der Waals surface area contributed by atoms with Crippen LogP contribution in [0.5, 0.6) is 5.75 Å². The van der Waals surface area contributed by atoms with E-state index in [1.54, 1.807) is 23.1 Å². The summed E-state index contributed by atoms with van der Waals surface area (Å²) in [6.07, 6.45) is 5.85. The van der Waals surface area contributed by atoms with Crippen LogP contribution in [0.3, 0.4) is 0 Å². The number of halogens is 2. The third-order valence-corrected chi connectivity index (χ3v) is 6.99. The van der Waals surface area contributed by atoms with Crippen LogP contribution in [0.25, 0.3) is 0 Å². The van der Waals surface area contributed by atoms with Gasteiger partial charge in [-0.3, -0.25) is 9.59 Å². The van der Waals surface area contributed by atoms with E-state index in [0.717, 1.165) is 36.8 Å². The van der Waals surface area contributed by atoms with Crippen LogP contribution < -0.4 is 10.1 Å². The molecule has 5 nitrogen and oxygen atoms in total. The van der Waals surface area contributed by atoms with Crippen LogP contribution in [-0.2, 0) is 16.1 Å². The van der Waals surface area contributed by atoms with Crippen molar-refractivity contribution in [2.75, 3.05) is 6.61 Å². The molecule has 1 saturated carbocycles. The molecular formula is C27H34Cl2N2O3. The van der Waals surface area contributed by atoms with Crippen LogP contribution in [0.2, 0.25) is 10.0 Å². The molecule has 1 aliphatic rings. The van der Waals surface area contributed by atoms with E-state index in [9.17, 15) is 9.59 Å². The fourth-order valence-corrected chi connectivity index (χ4v) is 5.08. The number of hydrogen-bond donors (Lipinski definition) is 1. The molecule has 0 bridgehead atoms. The Hall–Kier alpha value is -2.24. The van der Waals surface area contributed by atoms with Crippen molar-refractivity contribution in [3.63, 3.8) is 0 Å². The van der Waals surface area contributed by atoms with Gasteiger partial charge in [0.15, 0.2) is 6.61 Å². The summed E-state index contributed by atoms with van der Waals surface area (Å²) in [5.74, 6) is 0.194. The summed E-state index contributed by atoms with van der Waals surface area (Å²) in [5.41, 5.74) is 2.73. The Kier molecular flexibility index (Phi) is 9.66. The minimum absolute atomic E-state index is 0.129. The second-order valence-corrected chi connectivity index (χ2v) is 9.92. The van der Waals surface area contributed by atoms with Crippen molar-refractivity contribution in [3.05, 3.63) is 63.1 Å². The van der Waals surface area contributed by atoms with Crippen LogP contribution in [-0.4, -0.2) is 35.4 Å². The quantitative estimate of drug-likeness (QED) is 0.439. The average molecular weight is 505 g/mol. The molecule has 3 rings (SSSR count). The van der Waals surface area contributed by atoms with Gasteiger partial charge in [0.05, 0.1) is 0 Å². The van der Waals surface area contributed by atoms with Gasteiger partial charge in [-0.05, 0) is 68.5 Å². The van der Waals surface area contributed by atoms with Gasteiger partial charge in [0.25, 0.3) is 5.91 Å². The molecule has 1 aliphatic carbocycles. The summed E-state index contributed by atoms with van der Waals surface area (Å²) in [4.78, 5) is 28.3. The highest BCUT2D eigenvalue weighted by molar-refractivity contribution is 6.36. The molecule has 0 radical (unpaired) electrons. The molecule has 1 N–H and O–H groups in total. The Bertz CT molecular complexity index is 965. The number of amides is 2. The van der Waals surface area contributed by atoms with Crippen molar-refractivity contribution in [1.82, 2.24) is 10.2 Å². The Morgan fingerprint density at radius 3 is 2.26 bits per heavy atom. The van der Waals surface area contributed by atoms with Gasteiger partial charge in [-0.1, -0.05) is 61.5 Å². The standard InChI is InChI=1S/C27H34Cl2N2O3/c1-4-25(27(33)30-20-9-6-5-7-10-20)31(16-22-23(28)11-8-12-24(22)29)26(32)17-34-21-14-18(2)13-19(3)15-21/h8,11-15,20,25H,4-7,9-10,16-17H2,1-3H3,(H,30,33)/t25-/m1/s1. The van der Waals surface area contributed by atoms with E-state index >= 15 is 0 Å². The lowest BCUT2D eigenvalue weighted by Gasteiger charge is -2.33. The van der Waals surface area contributed by atoms with Crippen molar-refractivity contribution in [2.45, 2.75) is 77.9 Å². The third-order valence-electron chi connectivity index (χ3n) is 6.29. The summed E-state index contributed by atoms with van der Waals surface area (Å²) in [6.45, 7) is 5.82. The first kappa shape index (κ1) is 26.4. The van der Waals surface area contributed by atoms with E-state index in [1.165, 1.54) is 6.42 Å². The molecule has 184 valence electrons. The lowest BCUT2D eigenvalue weighted by Crippen LogP contribution is -2.52. The zero-order valence-electron chi connectivity index (χ0n) is 20.2. The smallest absolute Gasteiger partial charge is 0.261 e. The van der Waals surface area contributed by atoms with Gasteiger partial charge >= 0.3 is 0 Å². The molecule has 1 atom stereocenters. The number of rotatable bonds is 9. The Labute approximate surface area is 212 Å². The van der Waals surface area contributed by atoms with Crippen LogP contribution in [0.1, 0.15) is 62.1 Å². The molecular weight excluding hydrogens is 471 g/mol. The van der Waals surface area contributed by atoms with E-state index in [2.05, 4.69) is 5.32 Å². The maximum Gasteiger partial charge on any atom is 0.261 e. The average Bonchev–Trinajstić information content (AvgIpc) is 2.79. The van der Waals surface area contributed by atoms with Crippen molar-refractivity contribution >= 4 is 35.0 Å². The minimum Gasteiger partial charge on any atom is -0.484 e. The van der Waals surface area contributed by atoms with Gasteiger partial charge in [0, 0.05) is 28.2 Å². The van der Waals surface area contributed by atoms with Gasteiger partial charge in [0.1, 0.15) is 11.8 Å². The van der Waals surface area contributed by atoms with Gasteiger partial charge in [-0.25, -0.2) is 0 Å². The zero-order chi connectivity index (χ0) is 24.7. The number of nitrogens with one attached hydrogen (secondary N) is 1. The summed E-state index contributed by atoms with van der Waals surface area (Å²) in [5, 5.41) is 4.09. The Balaban J connectivity index is 1.82. The van der Waals surface area contributed by atoms with Gasteiger partial charge in [0.2, 0.25) is 5.91 Å². The number of aryl methyl sites for hydroxylation is 2. The largest absolute Gasteiger partial charge is 0.484 e. The van der Waals surface area contributed by atoms with Gasteiger partial charge < -0.3 is 15.0 Å². The molecule has 1 fully saturated rings. The molecule has 0 heterocycles. The number of benzene rings is 2. The first-order valence-electron chi connectivity index (χ1n) is 12.0. The molecule has 0 aromatic heterocycles. The minimum atomic E-state index is -0.649. The fourth-order valence-electron chi connectivity index (χ4n) is 4.56. The zero-order valence-corrected chi connectivity index (χ0v) is 21.7. The summed E-state index contributed by atoms with van der Waals surface area (Å²) >= 11 is 12.8. The van der Waals surface area contributed by atoms with Crippen molar-refractivity contribution in [2.24, 2.45) is 0 Å². The van der Waals surface area contributed by atoms with Crippen LogP contribution in [0.15, 0.2) is 36.4 Å². The topological polar surface area (TPSA) is 58.6 Å². The predicted molar refractivity (Wildman–Crippen MR) is 138 cm³/mol. The molecule has 2 aromatic carbocycles. The first-order valence-corrected chi connectivity index (χ1v) is 12.8. The normalized spacial score (nSPS) is 15.0. The predicted octanol–water partition coefficient (Wildman–Crippen LogP) is 6.25. The molecule has 7 heteroatoms. The molecule has 0 saturated heterocycles. The Morgan fingerprint density at radius 1 is 1.06 bits per heavy atom. The number of carbonyl (C=O) groups excluding carboxylic acids is 2. The maximum absolute atomic E-state index is 13.4. The molecule has 2 aromatic rings. The van der Waals surface area contributed by atoms with E-state index in [-0.39, 0.29) is 31.0 Å². The Morgan fingerprint density at radius 2 is 1.68 bits per heavy atom. The lowest BCUT2D eigenvalue weighted by molar-refractivity contribution is -0.143. The van der Waals surface area contributed by atoms with E-state index in [4.69, 9.17) is 27.9 Å². The molecule has 34 heavy (non-hydrogen) atoms. The highest BCUT2D eigenvalue weighted by atomic mass is 35.5. The number of hydrogen-bond acceptors (Lipinski definition) is 3.